The van der Waals surface area contributed by atoms with Crippen LogP contribution in [-0.4, -0.2) is 54.9 Å². The van der Waals surface area contributed by atoms with Gasteiger partial charge in [0.2, 0.25) is 11.8 Å². The van der Waals surface area contributed by atoms with Crippen molar-refractivity contribution in [2.45, 2.75) is 58.5 Å². The van der Waals surface area contributed by atoms with Crippen molar-refractivity contribution >= 4 is 17.7 Å². The zero-order valence-electron chi connectivity index (χ0n) is 17.9. The second-order valence-electron chi connectivity index (χ2n) is 7.57. The number of piperidine rings is 1. The fraction of sp³-hybridized carbons (Fsp3) is 0.591. The Morgan fingerprint density at radius 1 is 1.17 bits per heavy atom. The molecule has 0 radical (unpaired) electrons. The maximum absolute atomic E-state index is 12.9. The van der Waals surface area contributed by atoms with Crippen LogP contribution in [0.5, 0.6) is 5.75 Å². The van der Waals surface area contributed by atoms with Gasteiger partial charge in [-0.3, -0.25) is 14.4 Å². The molecule has 1 fully saturated rings. The van der Waals surface area contributed by atoms with Gasteiger partial charge in [0.1, 0.15) is 11.8 Å². The van der Waals surface area contributed by atoms with E-state index in [1.165, 1.54) is 0 Å². The molecule has 0 spiro atoms. The second-order valence-corrected chi connectivity index (χ2v) is 7.57. The van der Waals surface area contributed by atoms with Gasteiger partial charge in [-0.15, -0.1) is 0 Å². The molecule has 7 heteroatoms. The van der Waals surface area contributed by atoms with E-state index in [0.29, 0.717) is 43.7 Å². The van der Waals surface area contributed by atoms with Crippen LogP contribution in [0.3, 0.4) is 0 Å². The molecule has 2 rings (SSSR count). The maximum Gasteiger partial charge on any atom is 0.252 e. The Balaban J connectivity index is 2.13. The van der Waals surface area contributed by atoms with E-state index in [4.69, 9.17) is 4.74 Å². The molecule has 0 saturated carbocycles. The summed E-state index contributed by atoms with van der Waals surface area (Å²) in [6.45, 7) is 7.02. The predicted octanol–water partition coefficient (Wildman–Crippen LogP) is 2.36. The van der Waals surface area contributed by atoms with E-state index in [1.54, 1.807) is 31.4 Å². The van der Waals surface area contributed by atoms with E-state index in [1.807, 2.05) is 25.7 Å². The van der Waals surface area contributed by atoms with Crippen molar-refractivity contribution in [3.8, 4) is 5.75 Å². The Morgan fingerprint density at radius 2 is 1.86 bits per heavy atom. The topological polar surface area (TPSA) is 87.7 Å². The molecule has 1 saturated heterocycles. The monoisotopic (exact) mass is 403 g/mol. The molecular formula is C22H33N3O4. The van der Waals surface area contributed by atoms with Crippen molar-refractivity contribution in [2.75, 3.05) is 20.2 Å². The second kappa shape index (κ2) is 10.8. The SMILES string of the molecule is CCC(=O)N1CCC([C@@H](NC(=O)c2cccc(OC)c2)C(=O)N[C@@H](C)CC)CC1. The van der Waals surface area contributed by atoms with E-state index in [0.717, 1.165) is 6.42 Å². The number of nitrogens with one attached hydrogen (secondary N) is 2. The maximum atomic E-state index is 12.9. The number of rotatable bonds is 8. The molecule has 3 amide bonds. The van der Waals surface area contributed by atoms with Crippen molar-refractivity contribution < 1.29 is 19.1 Å². The zero-order chi connectivity index (χ0) is 21.4. The number of likely N-dealkylation sites (tertiary alicyclic amines) is 1. The molecule has 29 heavy (non-hydrogen) atoms. The van der Waals surface area contributed by atoms with Crippen LogP contribution in [0.1, 0.15) is 56.8 Å². The minimum absolute atomic E-state index is 0.0190. The summed E-state index contributed by atoms with van der Waals surface area (Å²) in [6, 6.07) is 6.26. The van der Waals surface area contributed by atoms with Gasteiger partial charge in [-0.2, -0.15) is 0 Å². The number of ether oxygens (including phenoxy) is 1. The number of benzene rings is 1. The van der Waals surface area contributed by atoms with Gasteiger partial charge >= 0.3 is 0 Å². The lowest BCUT2D eigenvalue weighted by Crippen LogP contribution is -2.55. The lowest BCUT2D eigenvalue weighted by molar-refractivity contribution is -0.132. The van der Waals surface area contributed by atoms with Gasteiger partial charge in [-0.05, 0) is 50.3 Å². The highest BCUT2D eigenvalue weighted by molar-refractivity contribution is 5.98. The lowest BCUT2D eigenvalue weighted by Gasteiger charge is -2.36. The van der Waals surface area contributed by atoms with E-state index in [9.17, 15) is 14.4 Å². The quantitative estimate of drug-likeness (QED) is 0.698. The first-order valence-electron chi connectivity index (χ1n) is 10.4. The average molecular weight is 404 g/mol. The zero-order valence-corrected chi connectivity index (χ0v) is 17.9. The van der Waals surface area contributed by atoms with Crippen molar-refractivity contribution in [1.82, 2.24) is 15.5 Å². The van der Waals surface area contributed by atoms with Gasteiger partial charge in [-0.1, -0.05) is 19.9 Å². The first kappa shape index (κ1) is 22.7. The average Bonchev–Trinajstić information content (AvgIpc) is 2.76. The molecule has 1 aromatic carbocycles. The van der Waals surface area contributed by atoms with Crippen LogP contribution in [0.15, 0.2) is 24.3 Å². The minimum atomic E-state index is -0.637. The van der Waals surface area contributed by atoms with Crippen LogP contribution in [-0.2, 0) is 9.59 Å². The number of methoxy groups -OCH3 is 1. The Bertz CT molecular complexity index is 714. The first-order chi connectivity index (χ1) is 13.9. The van der Waals surface area contributed by atoms with Crippen LogP contribution in [0, 0.1) is 5.92 Å². The van der Waals surface area contributed by atoms with Crippen LogP contribution in [0.4, 0.5) is 0 Å². The smallest absolute Gasteiger partial charge is 0.252 e. The summed E-state index contributed by atoms with van der Waals surface area (Å²) in [5, 5.41) is 5.92. The third-order valence-corrected chi connectivity index (χ3v) is 5.57. The van der Waals surface area contributed by atoms with Gasteiger partial charge < -0.3 is 20.3 Å². The molecule has 1 aromatic rings. The van der Waals surface area contributed by atoms with Crippen LogP contribution < -0.4 is 15.4 Å². The standard InChI is InChI=1S/C22H33N3O4/c1-5-15(3)23-22(28)20(16-10-12-25(13-11-16)19(26)6-2)24-21(27)17-8-7-9-18(14-17)29-4/h7-9,14-16,20H,5-6,10-13H2,1-4H3,(H,23,28)(H,24,27)/t15-,20+/m0/s1. The molecule has 0 aliphatic carbocycles. The molecule has 0 bridgehead atoms. The first-order valence-corrected chi connectivity index (χ1v) is 10.4. The normalized spacial score (nSPS) is 16.6. The molecule has 1 aliphatic heterocycles. The molecule has 0 aromatic heterocycles. The summed E-state index contributed by atoms with van der Waals surface area (Å²) in [4.78, 5) is 39.6. The molecular weight excluding hydrogens is 370 g/mol. The molecule has 160 valence electrons. The molecule has 1 aliphatic rings. The van der Waals surface area contributed by atoms with Crippen molar-refractivity contribution in [3.05, 3.63) is 29.8 Å². The van der Waals surface area contributed by atoms with E-state index in [2.05, 4.69) is 10.6 Å². The lowest BCUT2D eigenvalue weighted by atomic mass is 9.88. The number of nitrogens with zero attached hydrogens (tertiary/aromatic N) is 1. The highest BCUT2D eigenvalue weighted by Crippen LogP contribution is 2.22. The van der Waals surface area contributed by atoms with Gasteiger partial charge in [0, 0.05) is 31.1 Å². The predicted molar refractivity (Wildman–Crippen MR) is 112 cm³/mol. The van der Waals surface area contributed by atoms with E-state index in [-0.39, 0.29) is 29.7 Å². The molecule has 2 atom stereocenters. The van der Waals surface area contributed by atoms with Crippen LogP contribution in [0.25, 0.3) is 0 Å². The number of carbonyl (C=O) groups is 3. The van der Waals surface area contributed by atoms with Crippen LogP contribution >= 0.6 is 0 Å². The summed E-state index contributed by atoms with van der Waals surface area (Å²) in [7, 11) is 1.55. The Kier molecular flexibility index (Phi) is 8.49. The Morgan fingerprint density at radius 3 is 2.45 bits per heavy atom. The molecule has 2 N–H and O–H groups in total. The Hall–Kier alpha value is -2.57. The van der Waals surface area contributed by atoms with Gasteiger partial charge in [0.15, 0.2) is 0 Å². The minimum Gasteiger partial charge on any atom is -0.497 e. The summed E-state index contributed by atoms with van der Waals surface area (Å²) in [6.07, 6.45) is 2.66. The third kappa shape index (κ3) is 6.21. The fourth-order valence-electron chi connectivity index (χ4n) is 3.53. The number of hydrogen-bond donors (Lipinski definition) is 2. The van der Waals surface area contributed by atoms with Gasteiger partial charge in [0.05, 0.1) is 7.11 Å². The van der Waals surface area contributed by atoms with E-state index >= 15 is 0 Å². The summed E-state index contributed by atoms with van der Waals surface area (Å²) in [5.74, 6) is 0.222. The number of carbonyl (C=O) groups excluding carboxylic acids is 3. The van der Waals surface area contributed by atoms with Crippen molar-refractivity contribution in [3.63, 3.8) is 0 Å². The highest BCUT2D eigenvalue weighted by Gasteiger charge is 2.34. The molecule has 0 unspecified atom stereocenters. The summed E-state index contributed by atoms with van der Waals surface area (Å²) >= 11 is 0. The third-order valence-electron chi connectivity index (χ3n) is 5.57. The van der Waals surface area contributed by atoms with Crippen molar-refractivity contribution in [2.24, 2.45) is 5.92 Å². The fourth-order valence-corrected chi connectivity index (χ4v) is 3.53. The highest BCUT2D eigenvalue weighted by atomic mass is 16.5. The van der Waals surface area contributed by atoms with Crippen LogP contribution in [0.2, 0.25) is 0 Å². The number of amides is 3. The van der Waals surface area contributed by atoms with Crippen molar-refractivity contribution in [1.29, 1.82) is 0 Å². The summed E-state index contributed by atoms with van der Waals surface area (Å²) in [5.41, 5.74) is 0.448. The van der Waals surface area contributed by atoms with Gasteiger partial charge in [-0.25, -0.2) is 0 Å². The number of hydrogen-bond acceptors (Lipinski definition) is 4. The van der Waals surface area contributed by atoms with E-state index < -0.39 is 6.04 Å². The largest absolute Gasteiger partial charge is 0.497 e. The van der Waals surface area contributed by atoms with Gasteiger partial charge in [0.25, 0.3) is 5.91 Å². The summed E-state index contributed by atoms with van der Waals surface area (Å²) < 4.78 is 5.19. The molecule has 1 heterocycles. The molecule has 7 nitrogen and oxygen atoms in total. The Labute approximate surface area is 173 Å².